The first-order valence-electron chi connectivity index (χ1n) is 12.3. The van der Waals surface area contributed by atoms with Gasteiger partial charge in [0.25, 0.3) is 0 Å². The largest absolute Gasteiger partial charge is 0.481 e. The van der Waals surface area contributed by atoms with Crippen LogP contribution >= 0.6 is 0 Å². The van der Waals surface area contributed by atoms with E-state index in [2.05, 4.69) is 14.8 Å². The van der Waals surface area contributed by atoms with Crippen molar-refractivity contribution in [1.29, 1.82) is 0 Å². The average Bonchev–Trinajstić information content (AvgIpc) is 2.89. The smallest absolute Gasteiger partial charge is 0.345 e. The first kappa shape index (κ1) is 32.3. The van der Waals surface area contributed by atoms with Crippen molar-refractivity contribution < 1.29 is 56.1 Å². The summed E-state index contributed by atoms with van der Waals surface area (Å²) >= 11 is 0. The molecule has 0 aromatic heterocycles. The van der Waals surface area contributed by atoms with Crippen molar-refractivity contribution in [3.63, 3.8) is 0 Å². The number of carbonyl (C=O) groups excluding carboxylic acids is 3. The number of hydrogen-bond donors (Lipinski definition) is 2. The standard InChI is InChI=1S/C25H32F4N2O8/c26-24(27)38-14-18(23(35)36)12-21(33)20(15-39-25(28)29)30-22(34)17(10-16-4-2-1-3-5-16)11-19(32)13-31-6-8-37-9-7-31/h1-5,17-18,20,24-25H,6-15H2,(H,30,34)(H,35,36)/t17-,18+,20+/m1/s1. The Morgan fingerprint density at radius 1 is 0.923 bits per heavy atom. The summed E-state index contributed by atoms with van der Waals surface area (Å²) in [5, 5.41) is 11.5. The van der Waals surface area contributed by atoms with E-state index in [-0.39, 0.29) is 25.2 Å². The minimum Gasteiger partial charge on any atom is -0.481 e. The highest BCUT2D eigenvalue weighted by Crippen LogP contribution is 2.16. The summed E-state index contributed by atoms with van der Waals surface area (Å²) in [6.07, 6.45) is -1.01. The van der Waals surface area contributed by atoms with Gasteiger partial charge >= 0.3 is 19.2 Å². The number of amides is 1. The molecular formula is C25H32F4N2O8. The van der Waals surface area contributed by atoms with Crippen molar-refractivity contribution in [2.75, 3.05) is 46.1 Å². The molecule has 1 aliphatic rings. The molecule has 0 aliphatic carbocycles. The molecule has 0 spiro atoms. The van der Waals surface area contributed by atoms with Gasteiger partial charge in [-0.15, -0.1) is 0 Å². The van der Waals surface area contributed by atoms with Crippen LogP contribution in [0.4, 0.5) is 17.6 Å². The molecule has 2 N–H and O–H groups in total. The number of hydrogen-bond acceptors (Lipinski definition) is 8. The molecule has 10 nitrogen and oxygen atoms in total. The number of nitrogens with one attached hydrogen (secondary N) is 1. The molecule has 0 unspecified atom stereocenters. The zero-order valence-corrected chi connectivity index (χ0v) is 21.1. The van der Waals surface area contributed by atoms with E-state index >= 15 is 0 Å². The van der Waals surface area contributed by atoms with Crippen molar-refractivity contribution >= 4 is 23.4 Å². The quantitative estimate of drug-likeness (QED) is 0.256. The van der Waals surface area contributed by atoms with E-state index in [4.69, 9.17) is 4.74 Å². The Morgan fingerprint density at radius 2 is 1.54 bits per heavy atom. The molecular weight excluding hydrogens is 532 g/mol. The van der Waals surface area contributed by atoms with Crippen LogP contribution in [0.1, 0.15) is 18.4 Å². The summed E-state index contributed by atoms with van der Waals surface area (Å²) in [6.45, 7) is -6.50. The van der Waals surface area contributed by atoms with Crippen LogP contribution in [0.15, 0.2) is 30.3 Å². The van der Waals surface area contributed by atoms with Gasteiger partial charge in [-0.3, -0.25) is 24.1 Å². The summed E-state index contributed by atoms with van der Waals surface area (Å²) in [5.41, 5.74) is 0.707. The summed E-state index contributed by atoms with van der Waals surface area (Å²) in [5.74, 6) is -6.42. The third-order valence-corrected chi connectivity index (χ3v) is 5.99. The second kappa shape index (κ2) is 16.9. The van der Waals surface area contributed by atoms with Gasteiger partial charge in [-0.25, -0.2) is 0 Å². The van der Waals surface area contributed by atoms with Crippen molar-refractivity contribution in [1.82, 2.24) is 10.2 Å². The number of carbonyl (C=O) groups is 4. The Kier molecular flexibility index (Phi) is 14.0. The Labute approximate surface area is 222 Å². The SMILES string of the molecule is O=C(C[C@@H](Cc1ccccc1)C(=O)N[C@@H](COC(F)F)C(=O)C[C@@H](COC(F)F)C(=O)O)CN1CCOCC1. The monoisotopic (exact) mass is 564 g/mol. The van der Waals surface area contributed by atoms with Crippen LogP contribution in [-0.4, -0.2) is 98.8 Å². The number of carboxylic acids is 1. The highest BCUT2D eigenvalue weighted by molar-refractivity contribution is 5.93. The number of rotatable bonds is 18. The average molecular weight is 565 g/mol. The second-order valence-corrected chi connectivity index (χ2v) is 8.97. The molecule has 14 heteroatoms. The van der Waals surface area contributed by atoms with Gasteiger partial charge in [0.1, 0.15) is 11.8 Å². The fourth-order valence-electron chi connectivity index (χ4n) is 3.97. The number of halogens is 4. The Hall–Kier alpha value is -2.94. The zero-order valence-electron chi connectivity index (χ0n) is 21.1. The highest BCUT2D eigenvalue weighted by Gasteiger charge is 2.32. The molecule has 0 radical (unpaired) electrons. The first-order valence-corrected chi connectivity index (χ1v) is 12.3. The normalized spacial score (nSPS) is 16.6. The van der Waals surface area contributed by atoms with Gasteiger partial charge in [-0.05, 0) is 12.0 Å². The number of ketones is 2. The van der Waals surface area contributed by atoms with Crippen LogP contribution in [0.3, 0.4) is 0 Å². The van der Waals surface area contributed by atoms with E-state index in [1.54, 1.807) is 30.3 Å². The van der Waals surface area contributed by atoms with E-state index in [1.165, 1.54) is 0 Å². The number of aliphatic carboxylic acids is 1. The Morgan fingerprint density at radius 3 is 2.13 bits per heavy atom. The zero-order chi connectivity index (χ0) is 28.8. The fraction of sp³-hybridized carbons (Fsp3) is 0.600. The van der Waals surface area contributed by atoms with Gasteiger partial charge in [0, 0.05) is 31.8 Å². The predicted octanol–water partition coefficient (Wildman–Crippen LogP) is 1.76. The Bertz CT molecular complexity index is 932. The molecule has 1 aromatic carbocycles. The fourth-order valence-corrected chi connectivity index (χ4v) is 3.97. The van der Waals surface area contributed by atoms with Crippen molar-refractivity contribution in [2.24, 2.45) is 11.8 Å². The summed E-state index contributed by atoms with van der Waals surface area (Å²) in [6, 6.07) is 6.97. The highest BCUT2D eigenvalue weighted by atomic mass is 19.3. The molecule has 0 saturated carbocycles. The van der Waals surface area contributed by atoms with Crippen LogP contribution in [-0.2, 0) is 39.8 Å². The number of Topliss-reactive ketones (excluding diaryl/α,β-unsaturated/α-hetero) is 2. The molecule has 218 valence electrons. The van der Waals surface area contributed by atoms with Gasteiger partial charge in [0.05, 0.1) is 38.9 Å². The summed E-state index contributed by atoms with van der Waals surface area (Å²) in [7, 11) is 0. The molecule has 1 aliphatic heterocycles. The maximum Gasteiger partial charge on any atom is 0.345 e. The maximum absolute atomic E-state index is 13.2. The summed E-state index contributed by atoms with van der Waals surface area (Å²) in [4.78, 5) is 52.1. The number of carboxylic acid groups (broad SMARTS) is 1. The maximum atomic E-state index is 13.2. The minimum atomic E-state index is -3.30. The lowest BCUT2D eigenvalue weighted by molar-refractivity contribution is -0.162. The molecule has 1 fully saturated rings. The van der Waals surface area contributed by atoms with E-state index < -0.39 is 68.4 Å². The Balaban J connectivity index is 2.15. The van der Waals surface area contributed by atoms with Gasteiger partial charge < -0.3 is 24.6 Å². The van der Waals surface area contributed by atoms with Crippen molar-refractivity contribution in [3.05, 3.63) is 35.9 Å². The van der Waals surface area contributed by atoms with Crippen molar-refractivity contribution in [3.8, 4) is 0 Å². The number of ether oxygens (including phenoxy) is 3. The third-order valence-electron chi connectivity index (χ3n) is 5.99. The van der Waals surface area contributed by atoms with Crippen LogP contribution in [0.5, 0.6) is 0 Å². The summed E-state index contributed by atoms with van der Waals surface area (Å²) < 4.78 is 63.6. The first-order chi connectivity index (χ1) is 18.5. The number of morpholine rings is 1. The molecule has 1 saturated heterocycles. The topological polar surface area (TPSA) is 131 Å². The van der Waals surface area contributed by atoms with Gasteiger partial charge in [0.2, 0.25) is 5.91 Å². The molecule has 0 bridgehead atoms. The minimum absolute atomic E-state index is 0.0726. The molecule has 1 aromatic rings. The lowest BCUT2D eigenvalue weighted by atomic mass is 9.92. The van der Waals surface area contributed by atoms with Gasteiger partial charge in [-0.2, -0.15) is 17.6 Å². The van der Waals surface area contributed by atoms with Gasteiger partial charge in [0.15, 0.2) is 5.78 Å². The predicted molar refractivity (Wildman–Crippen MR) is 127 cm³/mol. The molecule has 1 amide bonds. The van der Waals surface area contributed by atoms with Crippen LogP contribution in [0.25, 0.3) is 0 Å². The molecule has 2 rings (SSSR count). The van der Waals surface area contributed by atoms with Crippen LogP contribution in [0, 0.1) is 11.8 Å². The number of benzene rings is 1. The van der Waals surface area contributed by atoms with E-state index in [0.29, 0.717) is 31.9 Å². The van der Waals surface area contributed by atoms with Crippen LogP contribution < -0.4 is 5.32 Å². The van der Waals surface area contributed by atoms with Crippen LogP contribution in [0.2, 0.25) is 0 Å². The third kappa shape index (κ3) is 12.6. The molecule has 39 heavy (non-hydrogen) atoms. The lowest BCUT2D eigenvalue weighted by Crippen LogP contribution is -2.48. The molecule has 1 heterocycles. The van der Waals surface area contributed by atoms with Crippen molar-refractivity contribution in [2.45, 2.75) is 38.5 Å². The number of nitrogens with zero attached hydrogens (tertiary/aromatic N) is 1. The second-order valence-electron chi connectivity index (χ2n) is 8.97. The number of alkyl halides is 4. The van der Waals surface area contributed by atoms with Gasteiger partial charge in [-0.1, -0.05) is 30.3 Å². The van der Waals surface area contributed by atoms with E-state index in [0.717, 1.165) is 0 Å². The van der Waals surface area contributed by atoms with E-state index in [1.807, 2.05) is 4.90 Å². The van der Waals surface area contributed by atoms with E-state index in [9.17, 15) is 41.8 Å². The lowest BCUT2D eigenvalue weighted by Gasteiger charge is -2.27. The molecule has 3 atom stereocenters.